The van der Waals surface area contributed by atoms with Crippen LogP contribution in [0.3, 0.4) is 0 Å². The Morgan fingerprint density at radius 3 is 2.20 bits per heavy atom. The van der Waals surface area contributed by atoms with E-state index in [2.05, 4.69) is 61.1 Å². The molecule has 30 heavy (non-hydrogen) atoms. The first-order chi connectivity index (χ1) is 14.5. The van der Waals surface area contributed by atoms with Crippen molar-refractivity contribution in [3.05, 3.63) is 82.1 Å². The van der Waals surface area contributed by atoms with E-state index in [0.29, 0.717) is 17.4 Å². The van der Waals surface area contributed by atoms with E-state index >= 15 is 0 Å². The SMILES string of the molecule is CC(C)c1ncc(-c2ccc(CC(C)c3ncc(-c4cccc(C#N)c4)s3)cc2)s1. The molecule has 0 saturated carbocycles. The third-order valence-corrected chi connectivity index (χ3v) is 7.64. The summed E-state index contributed by atoms with van der Waals surface area (Å²) >= 11 is 3.49. The topological polar surface area (TPSA) is 49.6 Å². The average Bonchev–Trinajstić information content (AvgIpc) is 3.45. The summed E-state index contributed by atoms with van der Waals surface area (Å²) in [6.07, 6.45) is 4.85. The lowest BCUT2D eigenvalue weighted by Crippen LogP contribution is -1.97. The van der Waals surface area contributed by atoms with Crippen LogP contribution in [0.5, 0.6) is 0 Å². The molecular weight excluding hydrogens is 406 g/mol. The molecule has 0 aliphatic heterocycles. The Morgan fingerprint density at radius 2 is 1.53 bits per heavy atom. The highest BCUT2D eigenvalue weighted by molar-refractivity contribution is 7.15. The molecular formula is C25H23N3S2. The van der Waals surface area contributed by atoms with E-state index in [9.17, 15) is 0 Å². The number of nitriles is 1. The molecule has 0 fully saturated rings. The minimum Gasteiger partial charge on any atom is -0.249 e. The second kappa shape index (κ2) is 8.91. The molecule has 150 valence electrons. The number of aromatic nitrogens is 2. The molecule has 0 N–H and O–H groups in total. The van der Waals surface area contributed by atoms with Gasteiger partial charge in [0.1, 0.15) is 0 Å². The number of thiazole rings is 2. The summed E-state index contributed by atoms with van der Waals surface area (Å²) in [4.78, 5) is 11.5. The number of benzene rings is 2. The van der Waals surface area contributed by atoms with Crippen LogP contribution in [0.4, 0.5) is 0 Å². The van der Waals surface area contributed by atoms with Gasteiger partial charge in [-0.15, -0.1) is 22.7 Å². The van der Waals surface area contributed by atoms with Crippen LogP contribution in [0.2, 0.25) is 0 Å². The van der Waals surface area contributed by atoms with Crippen molar-refractivity contribution < 1.29 is 0 Å². The van der Waals surface area contributed by atoms with E-state index in [0.717, 1.165) is 21.9 Å². The average molecular weight is 430 g/mol. The molecule has 0 bridgehead atoms. The molecule has 5 heteroatoms. The molecule has 2 heterocycles. The Bertz CT molecular complexity index is 1180. The molecule has 1 atom stereocenters. The maximum absolute atomic E-state index is 9.12. The summed E-state index contributed by atoms with van der Waals surface area (Å²) in [6.45, 7) is 6.58. The van der Waals surface area contributed by atoms with Crippen molar-refractivity contribution in [1.29, 1.82) is 5.26 Å². The van der Waals surface area contributed by atoms with Crippen molar-refractivity contribution in [2.24, 2.45) is 0 Å². The summed E-state index contributed by atoms with van der Waals surface area (Å²) in [5, 5.41) is 11.4. The van der Waals surface area contributed by atoms with Crippen molar-refractivity contribution in [2.45, 2.75) is 39.0 Å². The largest absolute Gasteiger partial charge is 0.249 e. The van der Waals surface area contributed by atoms with Crippen LogP contribution in [-0.2, 0) is 6.42 Å². The van der Waals surface area contributed by atoms with Crippen LogP contribution in [-0.4, -0.2) is 9.97 Å². The summed E-state index contributed by atoms with van der Waals surface area (Å²) < 4.78 is 0. The Kier molecular flexibility index (Phi) is 6.08. The van der Waals surface area contributed by atoms with E-state index in [-0.39, 0.29) is 0 Å². The minimum absolute atomic E-state index is 0.338. The van der Waals surface area contributed by atoms with Gasteiger partial charge >= 0.3 is 0 Å². The van der Waals surface area contributed by atoms with Gasteiger partial charge in [-0.05, 0) is 35.2 Å². The Balaban J connectivity index is 1.45. The minimum atomic E-state index is 0.338. The van der Waals surface area contributed by atoms with Crippen molar-refractivity contribution >= 4 is 22.7 Å². The number of hydrogen-bond donors (Lipinski definition) is 0. The summed E-state index contributed by atoms with van der Waals surface area (Å²) in [5.41, 5.74) is 4.27. The predicted molar refractivity (Wildman–Crippen MR) is 126 cm³/mol. The van der Waals surface area contributed by atoms with Gasteiger partial charge in [0.15, 0.2) is 0 Å². The maximum Gasteiger partial charge on any atom is 0.0991 e. The number of nitrogens with zero attached hydrogens (tertiary/aromatic N) is 3. The van der Waals surface area contributed by atoms with Crippen LogP contribution in [0.15, 0.2) is 60.9 Å². The van der Waals surface area contributed by atoms with Crippen molar-refractivity contribution in [1.82, 2.24) is 9.97 Å². The van der Waals surface area contributed by atoms with Gasteiger partial charge in [-0.3, -0.25) is 0 Å². The van der Waals surface area contributed by atoms with Gasteiger partial charge in [-0.1, -0.05) is 57.2 Å². The fourth-order valence-corrected chi connectivity index (χ4v) is 5.22. The van der Waals surface area contributed by atoms with Gasteiger partial charge < -0.3 is 0 Å². The highest BCUT2D eigenvalue weighted by Gasteiger charge is 2.13. The van der Waals surface area contributed by atoms with Crippen LogP contribution in [0.1, 0.15) is 53.7 Å². The lowest BCUT2D eigenvalue weighted by molar-refractivity contribution is 0.751. The Labute approximate surface area is 185 Å². The standard InChI is InChI=1S/C25H23N3S2/c1-16(2)24-27-14-22(29-24)20-9-7-18(8-10-20)11-17(3)25-28-15-23(30-25)21-6-4-5-19(12-21)13-26/h4-10,12,14-17H,11H2,1-3H3. The Hall–Kier alpha value is -2.81. The summed E-state index contributed by atoms with van der Waals surface area (Å²) in [7, 11) is 0. The van der Waals surface area contributed by atoms with Gasteiger partial charge in [-0.25, -0.2) is 9.97 Å². The maximum atomic E-state index is 9.12. The van der Waals surface area contributed by atoms with Gasteiger partial charge in [0, 0.05) is 24.2 Å². The summed E-state index contributed by atoms with van der Waals surface area (Å²) in [6, 6.07) is 18.7. The lowest BCUT2D eigenvalue weighted by atomic mass is 10.0. The molecule has 0 saturated heterocycles. The van der Waals surface area contributed by atoms with E-state index in [1.165, 1.54) is 21.0 Å². The monoisotopic (exact) mass is 429 g/mol. The van der Waals surface area contributed by atoms with E-state index < -0.39 is 0 Å². The van der Waals surface area contributed by atoms with Gasteiger partial charge in [-0.2, -0.15) is 5.26 Å². The third kappa shape index (κ3) is 4.51. The van der Waals surface area contributed by atoms with Crippen molar-refractivity contribution in [3.8, 4) is 27.0 Å². The molecule has 0 aliphatic rings. The molecule has 4 rings (SSSR count). The van der Waals surface area contributed by atoms with Crippen LogP contribution >= 0.6 is 22.7 Å². The van der Waals surface area contributed by atoms with Crippen LogP contribution < -0.4 is 0 Å². The molecule has 0 aliphatic carbocycles. The third-order valence-electron chi connectivity index (χ3n) is 5.02. The van der Waals surface area contributed by atoms with E-state index in [4.69, 9.17) is 5.26 Å². The first-order valence-corrected chi connectivity index (χ1v) is 11.7. The second-order valence-corrected chi connectivity index (χ2v) is 9.90. The zero-order valence-corrected chi connectivity index (χ0v) is 18.9. The van der Waals surface area contributed by atoms with Gasteiger partial charge in [0.25, 0.3) is 0 Å². The smallest absolute Gasteiger partial charge is 0.0991 e. The quantitative estimate of drug-likeness (QED) is 0.324. The number of hydrogen-bond acceptors (Lipinski definition) is 5. The van der Waals surface area contributed by atoms with Crippen LogP contribution in [0.25, 0.3) is 20.9 Å². The van der Waals surface area contributed by atoms with E-state index in [1.54, 1.807) is 22.7 Å². The highest BCUT2D eigenvalue weighted by Crippen LogP contribution is 2.33. The van der Waals surface area contributed by atoms with Crippen molar-refractivity contribution in [2.75, 3.05) is 0 Å². The molecule has 0 radical (unpaired) electrons. The molecule has 0 amide bonds. The fraction of sp³-hybridized carbons (Fsp3) is 0.240. The lowest BCUT2D eigenvalue weighted by Gasteiger charge is -2.09. The zero-order chi connectivity index (χ0) is 21.1. The normalized spacial score (nSPS) is 12.1. The number of rotatable bonds is 6. The molecule has 2 aromatic carbocycles. The molecule has 2 aromatic heterocycles. The zero-order valence-electron chi connectivity index (χ0n) is 17.3. The second-order valence-electron chi connectivity index (χ2n) is 7.77. The molecule has 1 unspecified atom stereocenters. The summed E-state index contributed by atoms with van der Waals surface area (Å²) in [5.74, 6) is 0.805. The Morgan fingerprint density at radius 1 is 0.867 bits per heavy atom. The molecule has 0 spiro atoms. The first-order valence-electron chi connectivity index (χ1n) is 10.0. The highest BCUT2D eigenvalue weighted by atomic mass is 32.1. The van der Waals surface area contributed by atoms with E-state index in [1.807, 2.05) is 36.7 Å². The van der Waals surface area contributed by atoms with Gasteiger partial charge in [0.05, 0.1) is 31.4 Å². The van der Waals surface area contributed by atoms with Gasteiger partial charge in [0.2, 0.25) is 0 Å². The predicted octanol–water partition coefficient (Wildman–Crippen LogP) is 7.27. The van der Waals surface area contributed by atoms with Crippen molar-refractivity contribution in [3.63, 3.8) is 0 Å². The molecule has 4 aromatic rings. The molecule has 3 nitrogen and oxygen atoms in total. The fourth-order valence-electron chi connectivity index (χ4n) is 3.32. The van der Waals surface area contributed by atoms with Crippen LogP contribution in [0, 0.1) is 11.3 Å². The first kappa shape index (κ1) is 20.5.